The van der Waals surface area contributed by atoms with Gasteiger partial charge in [-0.25, -0.2) is 0 Å². The van der Waals surface area contributed by atoms with Crippen LogP contribution in [-0.2, 0) is 23.1 Å². The minimum Gasteiger partial charge on any atom is -0.355 e. The normalized spacial score (nSPS) is 21.3. The number of rotatable bonds is 9. The molecule has 3 aliphatic rings. The molecule has 2 aromatic carbocycles. The van der Waals surface area contributed by atoms with Gasteiger partial charge in [0.25, 0.3) is 11.8 Å². The van der Waals surface area contributed by atoms with Crippen molar-refractivity contribution in [1.82, 2.24) is 36.0 Å². The Kier molecular flexibility index (Phi) is 8.42. The molecule has 0 spiro atoms. The molecular formula is C35H42N8O3. The van der Waals surface area contributed by atoms with Gasteiger partial charge in [-0.3, -0.25) is 14.4 Å². The predicted molar refractivity (Wildman–Crippen MR) is 172 cm³/mol. The molecule has 3 amide bonds. The van der Waals surface area contributed by atoms with E-state index < -0.39 is 5.41 Å². The highest BCUT2D eigenvalue weighted by Crippen LogP contribution is 2.48. The van der Waals surface area contributed by atoms with Crippen LogP contribution in [-0.4, -0.2) is 76.6 Å². The second kappa shape index (κ2) is 12.3. The Morgan fingerprint density at radius 2 is 1.59 bits per heavy atom. The van der Waals surface area contributed by atoms with Gasteiger partial charge in [0.05, 0.1) is 18.0 Å². The molecule has 0 bridgehead atoms. The maximum absolute atomic E-state index is 13.4. The van der Waals surface area contributed by atoms with Crippen LogP contribution in [0.5, 0.6) is 0 Å². The summed E-state index contributed by atoms with van der Waals surface area (Å²) in [5.41, 5.74) is 4.33. The Bertz CT molecular complexity index is 1650. The van der Waals surface area contributed by atoms with E-state index in [1.54, 1.807) is 19.0 Å². The summed E-state index contributed by atoms with van der Waals surface area (Å²) in [6, 6.07) is 13.6. The Labute approximate surface area is 269 Å². The smallest absolute Gasteiger partial charge is 0.251 e. The number of piperidine rings is 1. The summed E-state index contributed by atoms with van der Waals surface area (Å²) in [7, 11) is 3.24. The number of nitrogens with zero attached hydrogens (tertiary/aromatic N) is 4. The second-order valence-electron chi connectivity index (χ2n) is 13.3. The highest BCUT2D eigenvalue weighted by molar-refractivity contribution is 5.95. The molecule has 0 unspecified atom stereocenters. The molecule has 6 rings (SSSR count). The van der Waals surface area contributed by atoms with Crippen LogP contribution in [0, 0.1) is 17.2 Å². The maximum Gasteiger partial charge on any atom is 0.251 e. The molecule has 1 saturated carbocycles. The molecule has 46 heavy (non-hydrogen) atoms. The van der Waals surface area contributed by atoms with Crippen molar-refractivity contribution in [2.45, 2.75) is 82.3 Å². The van der Waals surface area contributed by atoms with Crippen LogP contribution in [0.1, 0.15) is 101 Å². The fourth-order valence-electron chi connectivity index (χ4n) is 7.53. The molecule has 2 aliphatic carbocycles. The van der Waals surface area contributed by atoms with Crippen molar-refractivity contribution < 1.29 is 14.4 Å². The van der Waals surface area contributed by atoms with Gasteiger partial charge in [0.15, 0.2) is 0 Å². The number of carbonyl (C=O) groups is 3. The standard InChI is InChI=1S/C35H42N8O3/c1-19(2)31-40-34(42-41-31)35(16-20(3)39-18-30(44)43-26(17-36)14-25-15-29(25)43)27-10-8-23(32(45)37-4)12-21(27)6-7-22-13-24(33(46)38-5)9-11-28(22)35/h8-13,19-20,25-26,29,39H,6-7,14-16,18H2,1-5H3,(H,37,45)(H,38,46)(H,40,41,42)/t20-,25+,26-,29-/m0/s1. The quantitative estimate of drug-likeness (QED) is 0.286. The Morgan fingerprint density at radius 3 is 2.11 bits per heavy atom. The van der Waals surface area contributed by atoms with Gasteiger partial charge in [0.1, 0.15) is 17.7 Å². The van der Waals surface area contributed by atoms with Crippen LogP contribution in [0.3, 0.4) is 0 Å². The lowest BCUT2D eigenvalue weighted by Gasteiger charge is -2.37. The first kappa shape index (κ1) is 31.4. The largest absolute Gasteiger partial charge is 0.355 e. The number of benzene rings is 2. The third-order valence-electron chi connectivity index (χ3n) is 9.98. The summed E-state index contributed by atoms with van der Waals surface area (Å²) in [5, 5.41) is 27.9. The van der Waals surface area contributed by atoms with Gasteiger partial charge in [-0.15, -0.1) is 10.2 Å². The van der Waals surface area contributed by atoms with E-state index in [1.165, 1.54) is 0 Å². The Morgan fingerprint density at radius 1 is 0.978 bits per heavy atom. The van der Waals surface area contributed by atoms with Crippen molar-refractivity contribution in [2.24, 2.45) is 5.92 Å². The molecule has 3 aromatic rings. The van der Waals surface area contributed by atoms with Crippen molar-refractivity contribution in [3.05, 3.63) is 81.4 Å². The van der Waals surface area contributed by atoms with Crippen molar-refractivity contribution >= 4 is 17.7 Å². The zero-order chi connectivity index (χ0) is 32.7. The number of carbonyl (C=O) groups excluding carboxylic acids is 3. The Hall–Kier alpha value is -4.56. The zero-order valence-electron chi connectivity index (χ0n) is 27.1. The van der Waals surface area contributed by atoms with E-state index in [4.69, 9.17) is 5.10 Å². The third kappa shape index (κ3) is 5.45. The van der Waals surface area contributed by atoms with E-state index in [0.717, 1.165) is 40.9 Å². The van der Waals surface area contributed by atoms with Crippen LogP contribution in [0.4, 0.5) is 0 Å². The molecular weight excluding hydrogens is 580 g/mol. The summed E-state index contributed by atoms with van der Waals surface area (Å²) in [5.74, 6) is 1.62. The second-order valence-corrected chi connectivity index (χ2v) is 13.3. The molecule has 240 valence electrons. The van der Waals surface area contributed by atoms with Crippen molar-refractivity contribution in [2.75, 3.05) is 20.6 Å². The number of hydrogen-bond acceptors (Lipinski definition) is 7. The number of nitriles is 1. The maximum atomic E-state index is 13.4. The monoisotopic (exact) mass is 622 g/mol. The molecule has 1 aliphatic heterocycles. The summed E-state index contributed by atoms with van der Waals surface area (Å²) in [6.45, 7) is 6.30. The first-order valence-electron chi connectivity index (χ1n) is 16.2. The van der Waals surface area contributed by atoms with Crippen LogP contribution >= 0.6 is 0 Å². The van der Waals surface area contributed by atoms with E-state index in [9.17, 15) is 19.6 Å². The summed E-state index contributed by atoms with van der Waals surface area (Å²) in [4.78, 5) is 44.2. The van der Waals surface area contributed by atoms with E-state index in [2.05, 4.69) is 52.9 Å². The summed E-state index contributed by atoms with van der Waals surface area (Å²) < 4.78 is 0. The van der Waals surface area contributed by atoms with Crippen LogP contribution in [0.25, 0.3) is 0 Å². The van der Waals surface area contributed by atoms with Gasteiger partial charge < -0.3 is 25.8 Å². The van der Waals surface area contributed by atoms with Crippen LogP contribution in [0.2, 0.25) is 0 Å². The topological polar surface area (TPSA) is 156 Å². The van der Waals surface area contributed by atoms with Crippen molar-refractivity contribution in [3.8, 4) is 6.07 Å². The van der Waals surface area contributed by atoms with E-state index in [0.29, 0.717) is 42.1 Å². The molecule has 11 nitrogen and oxygen atoms in total. The average Bonchev–Trinajstić information content (AvgIpc) is 3.49. The van der Waals surface area contributed by atoms with Gasteiger partial charge in [-0.1, -0.05) is 26.0 Å². The number of aromatic nitrogens is 3. The Balaban J connectivity index is 1.45. The van der Waals surface area contributed by atoms with Gasteiger partial charge in [-0.05, 0) is 91.5 Å². The van der Waals surface area contributed by atoms with E-state index in [-0.39, 0.29) is 48.3 Å². The zero-order valence-corrected chi connectivity index (χ0v) is 27.1. The molecule has 2 heterocycles. The fraction of sp³-hybridized carbons (Fsp3) is 0.486. The number of H-pyrrole nitrogens is 1. The first-order chi connectivity index (χ1) is 22.1. The third-order valence-corrected chi connectivity index (χ3v) is 9.98. The minimum absolute atomic E-state index is 0.0497. The van der Waals surface area contributed by atoms with Crippen molar-refractivity contribution in [1.29, 1.82) is 5.26 Å². The minimum atomic E-state index is -0.844. The molecule has 4 N–H and O–H groups in total. The van der Waals surface area contributed by atoms with Gasteiger partial charge in [-0.2, -0.15) is 5.26 Å². The number of hydrogen-bond donors (Lipinski definition) is 4. The van der Waals surface area contributed by atoms with Crippen LogP contribution in [0.15, 0.2) is 36.4 Å². The average molecular weight is 623 g/mol. The van der Waals surface area contributed by atoms with E-state index >= 15 is 0 Å². The summed E-state index contributed by atoms with van der Waals surface area (Å²) in [6.07, 6.45) is 3.57. The number of aromatic amines is 1. The highest BCUT2D eigenvalue weighted by atomic mass is 16.2. The van der Waals surface area contributed by atoms with Gasteiger partial charge in [0, 0.05) is 43.2 Å². The molecule has 11 heteroatoms. The molecule has 2 fully saturated rings. The number of amides is 3. The van der Waals surface area contributed by atoms with Crippen molar-refractivity contribution in [3.63, 3.8) is 0 Å². The SMILES string of the molecule is CNC(=O)c1ccc2c(c1)CCc1cc(C(=O)NC)ccc1C2(C[C@H](C)NCC(=O)N1[C@H](C#N)C[C@@H]2C[C@@H]21)c1nnc(C(C)C)[nH]1. The van der Waals surface area contributed by atoms with Gasteiger partial charge >= 0.3 is 0 Å². The molecule has 4 atom stereocenters. The van der Waals surface area contributed by atoms with E-state index in [1.807, 2.05) is 36.4 Å². The number of fused-ring (bicyclic) bond motifs is 3. The highest BCUT2D eigenvalue weighted by Gasteiger charge is 2.54. The molecule has 1 saturated heterocycles. The predicted octanol–water partition coefficient (Wildman–Crippen LogP) is 2.96. The lowest BCUT2D eigenvalue weighted by Crippen LogP contribution is -2.46. The first-order valence-corrected chi connectivity index (χ1v) is 16.2. The number of nitrogens with one attached hydrogen (secondary N) is 4. The van der Waals surface area contributed by atoms with Gasteiger partial charge in [0.2, 0.25) is 5.91 Å². The lowest BCUT2D eigenvalue weighted by atomic mass is 9.67. The van der Waals surface area contributed by atoms with Crippen LogP contribution < -0.4 is 16.0 Å². The lowest BCUT2D eigenvalue weighted by molar-refractivity contribution is -0.131. The number of aryl methyl sites for hydroxylation is 2. The number of likely N-dealkylation sites (tertiary alicyclic amines) is 1. The fourth-order valence-corrected chi connectivity index (χ4v) is 7.53. The molecule has 0 radical (unpaired) electrons. The summed E-state index contributed by atoms with van der Waals surface area (Å²) >= 11 is 0. The molecule has 1 aromatic heterocycles.